The maximum Gasteiger partial charge on any atom is 0.244 e. The van der Waals surface area contributed by atoms with Gasteiger partial charge in [0.05, 0.1) is 5.52 Å². The summed E-state index contributed by atoms with van der Waals surface area (Å²) in [6.45, 7) is 0.831. The quantitative estimate of drug-likeness (QED) is 0.573. The van der Waals surface area contributed by atoms with Gasteiger partial charge in [-0.25, -0.2) is 4.98 Å². The van der Waals surface area contributed by atoms with Crippen LogP contribution >= 0.6 is 0 Å². The molecule has 3 N–H and O–H groups in total. The summed E-state index contributed by atoms with van der Waals surface area (Å²) in [5.74, 6) is 1.87. The molecule has 1 aliphatic carbocycles. The van der Waals surface area contributed by atoms with Crippen LogP contribution in [0.3, 0.4) is 0 Å². The summed E-state index contributed by atoms with van der Waals surface area (Å²) in [6, 6.07) is 17.7. The molecule has 0 atom stereocenters. The molecule has 1 amide bonds. The lowest BCUT2D eigenvalue weighted by Gasteiger charge is -2.21. The molecular weight excluding hydrogens is 398 g/mol. The topological polar surface area (TPSA) is 84.1 Å². The number of hydrogen-bond acceptors (Lipinski definition) is 5. The molecule has 168 valence electrons. The second-order valence-electron chi connectivity index (χ2n) is 8.31. The van der Waals surface area contributed by atoms with Crippen molar-refractivity contribution in [2.24, 2.45) is 5.92 Å². The minimum Gasteiger partial charge on any atom is -0.368 e. The van der Waals surface area contributed by atoms with Gasteiger partial charge < -0.3 is 16.0 Å². The fourth-order valence-corrected chi connectivity index (χ4v) is 3.85. The summed E-state index contributed by atoms with van der Waals surface area (Å²) < 4.78 is 0. The van der Waals surface area contributed by atoms with Crippen LogP contribution in [0.1, 0.15) is 37.7 Å². The Hall–Kier alpha value is -3.41. The molecule has 0 spiro atoms. The predicted octanol–water partition coefficient (Wildman–Crippen LogP) is 4.67. The molecule has 0 aliphatic heterocycles. The zero-order valence-corrected chi connectivity index (χ0v) is 19.0. The lowest BCUT2D eigenvalue weighted by atomic mass is 9.89. The number of carbonyl (C=O) groups is 1. The number of para-hydroxylation sites is 1. The number of nitrogen functional groups attached to an aromatic ring is 1. The summed E-state index contributed by atoms with van der Waals surface area (Å²) >= 11 is 0. The second kappa shape index (κ2) is 11.8. The number of carbonyl (C=O) groups excluding carboxylic acids is 1. The van der Waals surface area contributed by atoms with E-state index in [1.807, 2.05) is 79.7 Å². The number of nitrogens with zero attached hydrogens (tertiary/aromatic N) is 3. The van der Waals surface area contributed by atoms with Gasteiger partial charge in [-0.1, -0.05) is 61.7 Å². The summed E-state index contributed by atoms with van der Waals surface area (Å²) in [5, 5.41) is 4.02. The van der Waals surface area contributed by atoms with Crippen LogP contribution in [-0.2, 0) is 4.79 Å². The van der Waals surface area contributed by atoms with Gasteiger partial charge in [0, 0.05) is 32.1 Å². The highest BCUT2D eigenvalue weighted by Crippen LogP contribution is 2.23. The highest BCUT2D eigenvalue weighted by molar-refractivity contribution is 5.91. The zero-order valence-electron chi connectivity index (χ0n) is 19.0. The van der Waals surface area contributed by atoms with Gasteiger partial charge >= 0.3 is 0 Å². The van der Waals surface area contributed by atoms with E-state index in [1.165, 1.54) is 32.1 Å². The third-order valence-electron chi connectivity index (χ3n) is 5.54. The van der Waals surface area contributed by atoms with E-state index in [0.717, 1.165) is 28.8 Å². The minimum atomic E-state index is 0.0180. The van der Waals surface area contributed by atoms with Gasteiger partial charge in [0.2, 0.25) is 11.9 Å². The smallest absolute Gasteiger partial charge is 0.244 e. The number of nitrogens with two attached hydrogens (primary N) is 1. The van der Waals surface area contributed by atoms with E-state index in [-0.39, 0.29) is 5.91 Å². The molecule has 1 aromatic heterocycles. The number of rotatable bonds is 5. The number of hydrogen-bond donors (Lipinski definition) is 2. The minimum absolute atomic E-state index is 0.0180. The largest absolute Gasteiger partial charge is 0.368 e. The van der Waals surface area contributed by atoms with E-state index in [4.69, 9.17) is 5.73 Å². The first-order chi connectivity index (χ1) is 15.5. The van der Waals surface area contributed by atoms with Crippen LogP contribution in [0.25, 0.3) is 17.0 Å². The molecule has 1 fully saturated rings. The SMILES string of the molecule is CN(C)c1nc(N)nc2ccccc12.O=C(/C=C/c1ccccc1)NCC1CCCCC1. The fourth-order valence-electron chi connectivity index (χ4n) is 3.85. The average Bonchev–Trinajstić information content (AvgIpc) is 2.82. The Kier molecular flexibility index (Phi) is 8.61. The number of anilines is 2. The van der Waals surface area contributed by atoms with Crippen LogP contribution in [0.4, 0.5) is 11.8 Å². The van der Waals surface area contributed by atoms with Crippen LogP contribution in [0, 0.1) is 5.92 Å². The monoisotopic (exact) mass is 431 g/mol. The Labute approximate surface area is 190 Å². The summed E-state index contributed by atoms with van der Waals surface area (Å²) in [7, 11) is 3.88. The number of fused-ring (bicyclic) bond motifs is 1. The molecule has 0 unspecified atom stereocenters. The van der Waals surface area contributed by atoms with Gasteiger partial charge in [0.25, 0.3) is 0 Å². The van der Waals surface area contributed by atoms with Crippen molar-refractivity contribution in [1.82, 2.24) is 15.3 Å². The van der Waals surface area contributed by atoms with E-state index in [1.54, 1.807) is 6.08 Å². The van der Waals surface area contributed by atoms with Gasteiger partial charge in [-0.2, -0.15) is 4.98 Å². The van der Waals surface area contributed by atoms with E-state index in [2.05, 4.69) is 15.3 Å². The van der Waals surface area contributed by atoms with Crippen molar-refractivity contribution in [3.05, 3.63) is 66.2 Å². The lowest BCUT2D eigenvalue weighted by molar-refractivity contribution is -0.116. The third-order valence-corrected chi connectivity index (χ3v) is 5.54. The van der Waals surface area contributed by atoms with Gasteiger partial charge in [-0.05, 0) is 42.5 Å². The van der Waals surface area contributed by atoms with Crippen molar-refractivity contribution in [2.75, 3.05) is 31.3 Å². The molecule has 6 nitrogen and oxygen atoms in total. The van der Waals surface area contributed by atoms with Crippen LogP contribution in [-0.4, -0.2) is 36.5 Å². The van der Waals surface area contributed by atoms with Crippen molar-refractivity contribution in [3.8, 4) is 0 Å². The molecule has 2 aromatic carbocycles. The van der Waals surface area contributed by atoms with Gasteiger partial charge in [-0.3, -0.25) is 4.79 Å². The van der Waals surface area contributed by atoms with E-state index in [0.29, 0.717) is 11.9 Å². The van der Waals surface area contributed by atoms with Crippen LogP contribution in [0.2, 0.25) is 0 Å². The number of benzene rings is 2. The molecule has 6 heteroatoms. The molecule has 32 heavy (non-hydrogen) atoms. The Morgan fingerprint density at radius 3 is 2.44 bits per heavy atom. The van der Waals surface area contributed by atoms with Crippen molar-refractivity contribution in [3.63, 3.8) is 0 Å². The lowest BCUT2D eigenvalue weighted by Crippen LogP contribution is -2.28. The molecule has 1 aliphatic rings. The van der Waals surface area contributed by atoms with E-state index in [9.17, 15) is 4.79 Å². The van der Waals surface area contributed by atoms with Gasteiger partial charge in [-0.15, -0.1) is 0 Å². The zero-order chi connectivity index (χ0) is 22.8. The molecule has 0 saturated heterocycles. The van der Waals surface area contributed by atoms with Crippen LogP contribution < -0.4 is 16.0 Å². The molecule has 1 saturated carbocycles. The summed E-state index contributed by atoms with van der Waals surface area (Å²) in [4.78, 5) is 21.9. The van der Waals surface area contributed by atoms with Gasteiger partial charge in [0.15, 0.2) is 0 Å². The third kappa shape index (κ3) is 7.08. The number of amides is 1. The fraction of sp³-hybridized carbons (Fsp3) is 0.346. The van der Waals surface area contributed by atoms with Crippen molar-refractivity contribution >= 4 is 34.7 Å². The second-order valence-corrected chi connectivity index (χ2v) is 8.31. The number of aromatic nitrogens is 2. The summed E-state index contributed by atoms with van der Waals surface area (Å²) in [6.07, 6.45) is 10.0. The Morgan fingerprint density at radius 1 is 1.03 bits per heavy atom. The Morgan fingerprint density at radius 2 is 1.72 bits per heavy atom. The highest BCUT2D eigenvalue weighted by atomic mass is 16.1. The first-order valence-corrected chi connectivity index (χ1v) is 11.2. The maximum absolute atomic E-state index is 11.7. The molecule has 3 aromatic rings. The van der Waals surface area contributed by atoms with Crippen LogP contribution in [0.15, 0.2) is 60.7 Å². The highest BCUT2D eigenvalue weighted by Gasteiger charge is 2.13. The first-order valence-electron chi connectivity index (χ1n) is 11.2. The molecule has 0 radical (unpaired) electrons. The average molecular weight is 432 g/mol. The standard InChI is InChI=1S/C16H21NO.C10H12N4/c18-16(12-11-14-7-3-1-4-8-14)17-13-15-9-5-2-6-10-15;1-14(2)9-7-5-3-4-6-8(7)12-10(11)13-9/h1,3-4,7-8,11-12,15H,2,5-6,9-10,13H2,(H,17,18);3-6H,1-2H3,(H2,11,12,13)/b12-11+;. The first kappa shape index (κ1) is 23.3. The number of nitrogens with one attached hydrogen (secondary N) is 1. The molecule has 0 bridgehead atoms. The van der Waals surface area contributed by atoms with Crippen LogP contribution in [0.5, 0.6) is 0 Å². The Bertz CT molecular complexity index is 1030. The Balaban J connectivity index is 0.000000186. The van der Waals surface area contributed by atoms with Crippen molar-refractivity contribution < 1.29 is 4.79 Å². The predicted molar refractivity (Wildman–Crippen MR) is 133 cm³/mol. The van der Waals surface area contributed by atoms with Gasteiger partial charge in [0.1, 0.15) is 5.82 Å². The van der Waals surface area contributed by atoms with E-state index >= 15 is 0 Å². The maximum atomic E-state index is 11.7. The van der Waals surface area contributed by atoms with Crippen molar-refractivity contribution in [1.29, 1.82) is 0 Å². The van der Waals surface area contributed by atoms with Crippen molar-refractivity contribution in [2.45, 2.75) is 32.1 Å². The molecular formula is C26H33N5O. The molecule has 1 heterocycles. The normalized spacial score (nSPS) is 14.1. The summed E-state index contributed by atoms with van der Waals surface area (Å²) in [5.41, 5.74) is 7.55. The molecule has 4 rings (SSSR count). The van der Waals surface area contributed by atoms with E-state index < -0.39 is 0 Å².